The van der Waals surface area contributed by atoms with E-state index < -0.39 is 0 Å². The topological polar surface area (TPSA) is 67.7 Å². The van der Waals surface area contributed by atoms with Gasteiger partial charge >= 0.3 is 0 Å². The summed E-state index contributed by atoms with van der Waals surface area (Å²) in [5.41, 5.74) is 3.27. The lowest BCUT2D eigenvalue weighted by atomic mass is 10.1. The number of anilines is 2. The van der Waals surface area contributed by atoms with Crippen LogP contribution in [0, 0.1) is 6.92 Å². The number of aromatic nitrogens is 4. The van der Waals surface area contributed by atoms with Gasteiger partial charge in [-0.2, -0.15) is 15.1 Å². The minimum atomic E-state index is 0. The molecule has 0 radical (unpaired) electrons. The molecule has 0 unspecified atom stereocenters. The van der Waals surface area contributed by atoms with Crippen LogP contribution in [0.3, 0.4) is 0 Å². The maximum absolute atomic E-state index is 4.48. The highest BCUT2D eigenvalue weighted by Gasteiger charge is 2.10. The first kappa shape index (κ1) is 16.0. The third-order valence-corrected chi connectivity index (χ3v) is 3.40. The van der Waals surface area contributed by atoms with Gasteiger partial charge in [-0.15, -0.1) is 12.4 Å². The fraction of sp³-hybridized carbons (Fsp3) is 0.267. The summed E-state index contributed by atoms with van der Waals surface area (Å²) < 4.78 is 1.74. The molecule has 0 aliphatic rings. The lowest BCUT2D eigenvalue weighted by molar-refractivity contribution is 0.786. The SMILES string of the molecule is CNc1nc(NCc2ccc(C)cc2)c2cnn(C)c2n1.Cl. The molecule has 0 aliphatic heterocycles. The van der Waals surface area contributed by atoms with E-state index in [4.69, 9.17) is 0 Å². The van der Waals surface area contributed by atoms with Crippen LogP contribution in [-0.2, 0) is 13.6 Å². The second kappa shape index (κ2) is 6.62. The molecule has 2 heterocycles. The molecular weight excluding hydrogens is 300 g/mol. The third-order valence-electron chi connectivity index (χ3n) is 3.40. The Morgan fingerprint density at radius 1 is 1.14 bits per heavy atom. The van der Waals surface area contributed by atoms with Gasteiger partial charge in [0.2, 0.25) is 5.95 Å². The van der Waals surface area contributed by atoms with Crippen molar-refractivity contribution >= 4 is 35.2 Å². The van der Waals surface area contributed by atoms with E-state index in [0.29, 0.717) is 12.5 Å². The number of nitrogens with one attached hydrogen (secondary N) is 2. The molecule has 0 saturated heterocycles. The van der Waals surface area contributed by atoms with E-state index in [1.807, 2.05) is 7.05 Å². The predicted molar refractivity (Wildman–Crippen MR) is 91.6 cm³/mol. The van der Waals surface area contributed by atoms with Gasteiger partial charge in [-0.3, -0.25) is 4.68 Å². The summed E-state index contributed by atoms with van der Waals surface area (Å²) in [6, 6.07) is 8.44. The molecule has 0 atom stereocenters. The van der Waals surface area contributed by atoms with Gasteiger partial charge in [-0.1, -0.05) is 29.8 Å². The number of halogens is 1. The zero-order valence-corrected chi connectivity index (χ0v) is 13.6. The molecule has 6 nitrogen and oxygen atoms in total. The number of aryl methyl sites for hydroxylation is 2. The smallest absolute Gasteiger partial charge is 0.226 e. The zero-order valence-electron chi connectivity index (χ0n) is 12.8. The summed E-state index contributed by atoms with van der Waals surface area (Å²) >= 11 is 0. The molecule has 0 saturated carbocycles. The predicted octanol–water partition coefficient (Wildman–Crippen LogP) is 2.75. The summed E-state index contributed by atoms with van der Waals surface area (Å²) in [4.78, 5) is 8.90. The van der Waals surface area contributed by atoms with E-state index in [-0.39, 0.29) is 12.4 Å². The van der Waals surface area contributed by atoms with Gasteiger partial charge < -0.3 is 10.6 Å². The molecule has 7 heteroatoms. The Labute approximate surface area is 135 Å². The number of rotatable bonds is 4. The van der Waals surface area contributed by atoms with Gasteiger partial charge in [0.1, 0.15) is 5.82 Å². The number of fused-ring (bicyclic) bond motifs is 1. The van der Waals surface area contributed by atoms with Gasteiger partial charge in [0, 0.05) is 20.6 Å². The summed E-state index contributed by atoms with van der Waals surface area (Å²) in [6.07, 6.45) is 1.78. The summed E-state index contributed by atoms with van der Waals surface area (Å²) in [6.45, 7) is 2.80. The summed E-state index contributed by atoms with van der Waals surface area (Å²) in [5.74, 6) is 1.37. The minimum absolute atomic E-state index is 0. The van der Waals surface area contributed by atoms with Gasteiger partial charge in [0.15, 0.2) is 5.65 Å². The van der Waals surface area contributed by atoms with E-state index in [9.17, 15) is 0 Å². The molecule has 2 aromatic heterocycles. The van der Waals surface area contributed by atoms with Crippen LogP contribution < -0.4 is 10.6 Å². The standard InChI is InChI=1S/C15H18N6.ClH/c1-10-4-6-11(7-5-10)8-17-13-12-9-18-21(3)14(12)20-15(16-2)19-13;/h4-7,9H,8H2,1-3H3,(H2,16,17,19,20);1H. The van der Waals surface area contributed by atoms with Gasteiger partial charge in [-0.05, 0) is 12.5 Å². The molecule has 3 aromatic rings. The molecule has 0 fully saturated rings. The Hall–Kier alpha value is -2.34. The van der Waals surface area contributed by atoms with Crippen molar-refractivity contribution in [2.45, 2.75) is 13.5 Å². The van der Waals surface area contributed by atoms with Gasteiger partial charge in [0.25, 0.3) is 0 Å². The first-order chi connectivity index (χ1) is 10.2. The fourth-order valence-corrected chi connectivity index (χ4v) is 2.16. The van der Waals surface area contributed by atoms with E-state index in [1.54, 1.807) is 17.9 Å². The van der Waals surface area contributed by atoms with Crippen molar-refractivity contribution in [3.8, 4) is 0 Å². The van der Waals surface area contributed by atoms with Crippen LogP contribution in [0.4, 0.5) is 11.8 Å². The molecule has 0 bridgehead atoms. The van der Waals surface area contributed by atoms with Crippen molar-refractivity contribution in [2.75, 3.05) is 17.7 Å². The van der Waals surface area contributed by atoms with Crippen LogP contribution in [0.2, 0.25) is 0 Å². The molecule has 2 N–H and O–H groups in total. The van der Waals surface area contributed by atoms with Crippen LogP contribution in [0.5, 0.6) is 0 Å². The Kier molecular flexibility index (Phi) is 4.82. The number of benzene rings is 1. The van der Waals surface area contributed by atoms with Crippen LogP contribution in [-0.4, -0.2) is 26.8 Å². The normalized spacial score (nSPS) is 10.3. The first-order valence-electron chi connectivity index (χ1n) is 6.84. The Morgan fingerprint density at radius 3 is 2.55 bits per heavy atom. The van der Waals surface area contributed by atoms with Crippen LogP contribution >= 0.6 is 12.4 Å². The van der Waals surface area contributed by atoms with E-state index in [2.05, 4.69) is 56.9 Å². The van der Waals surface area contributed by atoms with E-state index in [0.717, 1.165) is 16.9 Å². The largest absolute Gasteiger partial charge is 0.365 e. The van der Waals surface area contributed by atoms with Gasteiger partial charge in [0.05, 0.1) is 11.6 Å². The third kappa shape index (κ3) is 3.12. The second-order valence-corrected chi connectivity index (χ2v) is 4.99. The maximum Gasteiger partial charge on any atom is 0.226 e. The molecule has 0 spiro atoms. The molecule has 0 amide bonds. The second-order valence-electron chi connectivity index (χ2n) is 4.99. The van der Waals surface area contributed by atoms with Crippen molar-refractivity contribution in [3.05, 3.63) is 41.6 Å². The van der Waals surface area contributed by atoms with Crippen molar-refractivity contribution in [2.24, 2.45) is 7.05 Å². The highest BCUT2D eigenvalue weighted by Crippen LogP contribution is 2.21. The zero-order chi connectivity index (χ0) is 14.8. The molecule has 3 rings (SSSR count). The number of hydrogen-bond acceptors (Lipinski definition) is 5. The minimum Gasteiger partial charge on any atom is -0.365 e. The Morgan fingerprint density at radius 2 is 1.86 bits per heavy atom. The van der Waals surface area contributed by atoms with Crippen LogP contribution in [0.15, 0.2) is 30.5 Å². The Balaban J connectivity index is 0.00000176. The van der Waals surface area contributed by atoms with Gasteiger partial charge in [-0.25, -0.2) is 0 Å². The highest BCUT2D eigenvalue weighted by molar-refractivity contribution is 5.87. The highest BCUT2D eigenvalue weighted by atomic mass is 35.5. The lowest BCUT2D eigenvalue weighted by Gasteiger charge is -2.09. The van der Waals surface area contributed by atoms with Crippen LogP contribution in [0.1, 0.15) is 11.1 Å². The van der Waals surface area contributed by atoms with Crippen molar-refractivity contribution in [1.29, 1.82) is 0 Å². The van der Waals surface area contributed by atoms with E-state index >= 15 is 0 Å². The van der Waals surface area contributed by atoms with Crippen molar-refractivity contribution in [3.63, 3.8) is 0 Å². The molecule has 22 heavy (non-hydrogen) atoms. The molecular formula is C15H19ClN6. The van der Waals surface area contributed by atoms with Crippen LogP contribution in [0.25, 0.3) is 11.0 Å². The fourth-order valence-electron chi connectivity index (χ4n) is 2.16. The average Bonchev–Trinajstić information content (AvgIpc) is 2.88. The molecule has 1 aromatic carbocycles. The molecule has 116 valence electrons. The summed E-state index contributed by atoms with van der Waals surface area (Å²) in [7, 11) is 3.68. The van der Waals surface area contributed by atoms with Crippen molar-refractivity contribution in [1.82, 2.24) is 19.7 Å². The maximum atomic E-state index is 4.48. The monoisotopic (exact) mass is 318 g/mol. The summed E-state index contributed by atoms with van der Waals surface area (Å²) in [5, 5.41) is 11.5. The number of hydrogen-bond donors (Lipinski definition) is 2. The average molecular weight is 319 g/mol. The lowest BCUT2D eigenvalue weighted by Crippen LogP contribution is -2.06. The molecule has 0 aliphatic carbocycles. The quantitative estimate of drug-likeness (QED) is 0.774. The van der Waals surface area contributed by atoms with E-state index in [1.165, 1.54) is 11.1 Å². The first-order valence-corrected chi connectivity index (χ1v) is 6.84. The van der Waals surface area contributed by atoms with Crippen molar-refractivity contribution < 1.29 is 0 Å². The Bertz CT molecular complexity index is 766. The number of nitrogens with zero attached hydrogens (tertiary/aromatic N) is 4.